The van der Waals surface area contributed by atoms with E-state index in [4.69, 9.17) is 10.2 Å². The van der Waals surface area contributed by atoms with Crippen LogP contribution in [0.15, 0.2) is 16.9 Å². The lowest BCUT2D eigenvalue weighted by molar-refractivity contribution is 0.447. The Labute approximate surface area is 126 Å². The van der Waals surface area contributed by atoms with E-state index in [2.05, 4.69) is 25.4 Å². The first-order chi connectivity index (χ1) is 10.7. The van der Waals surface area contributed by atoms with Crippen molar-refractivity contribution >= 4 is 11.6 Å². The van der Waals surface area contributed by atoms with E-state index in [0.29, 0.717) is 23.1 Å². The molecule has 1 aliphatic rings. The average molecular weight is 299 g/mol. The number of aryl methyl sites for hydroxylation is 1. The first kappa shape index (κ1) is 13.2. The summed E-state index contributed by atoms with van der Waals surface area (Å²) in [5.41, 5.74) is 8.22. The second-order valence-electron chi connectivity index (χ2n) is 5.53. The predicted molar refractivity (Wildman–Crippen MR) is 80.3 cm³/mol. The van der Waals surface area contributed by atoms with E-state index in [0.717, 1.165) is 37.3 Å². The van der Waals surface area contributed by atoms with Crippen molar-refractivity contribution in [2.75, 3.05) is 18.8 Å². The van der Waals surface area contributed by atoms with Crippen LogP contribution in [-0.4, -0.2) is 37.7 Å². The summed E-state index contributed by atoms with van der Waals surface area (Å²) in [6, 6.07) is 0. The third-order valence-electron chi connectivity index (χ3n) is 4.05. The van der Waals surface area contributed by atoms with Crippen molar-refractivity contribution in [2.24, 2.45) is 0 Å². The molecule has 4 heterocycles. The van der Waals surface area contributed by atoms with Gasteiger partial charge in [-0.3, -0.25) is 0 Å². The van der Waals surface area contributed by atoms with Crippen LogP contribution in [0.2, 0.25) is 0 Å². The Morgan fingerprint density at radius 1 is 1.41 bits per heavy atom. The highest BCUT2D eigenvalue weighted by Crippen LogP contribution is 2.26. The summed E-state index contributed by atoms with van der Waals surface area (Å²) in [5, 5.41) is 7.93. The van der Waals surface area contributed by atoms with Gasteiger partial charge in [-0.25, -0.2) is 15.0 Å². The van der Waals surface area contributed by atoms with Gasteiger partial charge in [0.05, 0.1) is 6.20 Å². The highest BCUT2D eigenvalue weighted by molar-refractivity contribution is 5.65. The molecule has 0 aliphatic carbocycles. The fraction of sp³-hybridized carbons (Fsp3) is 0.429. The van der Waals surface area contributed by atoms with Crippen LogP contribution in [0, 0.1) is 6.92 Å². The van der Waals surface area contributed by atoms with E-state index >= 15 is 0 Å². The van der Waals surface area contributed by atoms with E-state index in [1.54, 1.807) is 10.7 Å². The quantitative estimate of drug-likeness (QED) is 0.730. The van der Waals surface area contributed by atoms with Crippen molar-refractivity contribution in [1.82, 2.24) is 29.9 Å². The maximum Gasteiger partial charge on any atom is 0.245 e. The third kappa shape index (κ3) is 2.03. The molecule has 22 heavy (non-hydrogen) atoms. The second-order valence-corrected chi connectivity index (χ2v) is 5.53. The molecule has 0 radical (unpaired) electrons. The minimum atomic E-state index is 0.288. The molecule has 1 saturated heterocycles. The highest BCUT2D eigenvalue weighted by atomic mass is 16.3. The predicted octanol–water partition coefficient (Wildman–Crippen LogP) is 1.14. The summed E-state index contributed by atoms with van der Waals surface area (Å²) in [6.07, 6.45) is 5.32. The summed E-state index contributed by atoms with van der Waals surface area (Å²) < 4.78 is 6.93. The van der Waals surface area contributed by atoms with E-state index in [1.165, 1.54) is 6.26 Å². The molecule has 0 unspecified atom stereocenters. The molecule has 3 N–H and O–H groups in total. The molecule has 1 atom stereocenters. The number of rotatable bonds is 2. The molecule has 4 rings (SSSR count). The third-order valence-corrected chi connectivity index (χ3v) is 4.05. The Bertz CT molecular complexity index is 802. The lowest BCUT2D eigenvalue weighted by atomic mass is 9.99. The van der Waals surface area contributed by atoms with E-state index in [1.807, 2.05) is 6.92 Å². The highest BCUT2D eigenvalue weighted by Gasteiger charge is 2.23. The van der Waals surface area contributed by atoms with Gasteiger partial charge in [0.1, 0.15) is 12.0 Å². The topological polar surface area (TPSA) is 107 Å². The van der Waals surface area contributed by atoms with Crippen molar-refractivity contribution in [1.29, 1.82) is 0 Å². The van der Waals surface area contributed by atoms with Crippen LogP contribution in [0.4, 0.5) is 5.95 Å². The minimum Gasteiger partial charge on any atom is -0.443 e. The molecule has 0 saturated carbocycles. The van der Waals surface area contributed by atoms with Gasteiger partial charge in [-0.1, -0.05) is 0 Å². The molecule has 8 nitrogen and oxygen atoms in total. The number of hydrogen-bond donors (Lipinski definition) is 2. The maximum atomic E-state index is 6.04. The fourth-order valence-electron chi connectivity index (χ4n) is 2.88. The van der Waals surface area contributed by atoms with Crippen LogP contribution < -0.4 is 11.1 Å². The average Bonchev–Trinajstić information content (AvgIpc) is 3.21. The van der Waals surface area contributed by atoms with Crippen LogP contribution in [0.3, 0.4) is 0 Å². The second kappa shape index (κ2) is 5.06. The number of oxazole rings is 1. The molecule has 1 fully saturated rings. The molecule has 0 spiro atoms. The summed E-state index contributed by atoms with van der Waals surface area (Å²) in [5.74, 6) is 1.86. The van der Waals surface area contributed by atoms with Gasteiger partial charge in [-0.2, -0.15) is 4.52 Å². The molecular weight excluding hydrogens is 282 g/mol. The van der Waals surface area contributed by atoms with Crippen LogP contribution in [0.1, 0.15) is 30.1 Å². The fourth-order valence-corrected chi connectivity index (χ4v) is 2.88. The van der Waals surface area contributed by atoms with Crippen LogP contribution in [-0.2, 0) is 0 Å². The van der Waals surface area contributed by atoms with Gasteiger partial charge in [0, 0.05) is 18.0 Å². The first-order valence-corrected chi connectivity index (χ1v) is 7.37. The van der Waals surface area contributed by atoms with Crippen molar-refractivity contribution in [3.8, 4) is 11.6 Å². The zero-order valence-electron chi connectivity index (χ0n) is 12.3. The number of nitrogens with two attached hydrogens (primary N) is 1. The number of nitrogens with one attached hydrogen (secondary N) is 1. The van der Waals surface area contributed by atoms with Gasteiger partial charge in [-0.05, 0) is 26.3 Å². The van der Waals surface area contributed by atoms with Gasteiger partial charge in [-0.15, -0.1) is 5.10 Å². The summed E-state index contributed by atoms with van der Waals surface area (Å²) >= 11 is 0. The number of fused-ring (bicyclic) bond motifs is 1. The Balaban J connectivity index is 1.85. The van der Waals surface area contributed by atoms with E-state index < -0.39 is 0 Å². The normalized spacial score (nSPS) is 18.9. The van der Waals surface area contributed by atoms with Gasteiger partial charge in [0.15, 0.2) is 11.5 Å². The number of piperidine rings is 1. The Hall–Kier alpha value is -2.48. The van der Waals surface area contributed by atoms with E-state index in [9.17, 15) is 0 Å². The summed E-state index contributed by atoms with van der Waals surface area (Å²) in [6.45, 7) is 3.88. The zero-order chi connectivity index (χ0) is 15.1. The molecule has 114 valence electrons. The van der Waals surface area contributed by atoms with Gasteiger partial charge in [0.2, 0.25) is 11.8 Å². The largest absolute Gasteiger partial charge is 0.443 e. The number of anilines is 1. The first-order valence-electron chi connectivity index (χ1n) is 7.37. The molecule has 1 aliphatic heterocycles. The number of nitrogen functional groups attached to an aromatic ring is 1. The Morgan fingerprint density at radius 3 is 3.05 bits per heavy atom. The van der Waals surface area contributed by atoms with Crippen molar-refractivity contribution < 1.29 is 4.42 Å². The van der Waals surface area contributed by atoms with Crippen LogP contribution in [0.25, 0.3) is 17.2 Å². The lowest BCUT2D eigenvalue weighted by Crippen LogP contribution is -2.29. The lowest BCUT2D eigenvalue weighted by Gasteiger charge is -2.19. The van der Waals surface area contributed by atoms with Crippen molar-refractivity contribution in [3.05, 3.63) is 23.8 Å². The number of aromatic nitrogens is 5. The van der Waals surface area contributed by atoms with Crippen molar-refractivity contribution in [2.45, 2.75) is 25.7 Å². The van der Waals surface area contributed by atoms with Crippen LogP contribution >= 0.6 is 0 Å². The summed E-state index contributed by atoms with van der Waals surface area (Å²) in [4.78, 5) is 13.2. The Kier molecular flexibility index (Phi) is 3.04. The smallest absolute Gasteiger partial charge is 0.245 e. The minimum absolute atomic E-state index is 0.288. The molecule has 3 aromatic rings. The molecule has 0 bridgehead atoms. The Morgan fingerprint density at radius 2 is 2.32 bits per heavy atom. The van der Waals surface area contributed by atoms with Gasteiger partial charge < -0.3 is 15.5 Å². The SMILES string of the molecule is Cc1c(-c2ncco2)nc(N)n2nc([C@@H]3CCCNC3)nc12. The molecular formula is C14H17N7O. The summed E-state index contributed by atoms with van der Waals surface area (Å²) in [7, 11) is 0. The van der Waals surface area contributed by atoms with E-state index in [-0.39, 0.29) is 5.95 Å². The van der Waals surface area contributed by atoms with Gasteiger partial charge >= 0.3 is 0 Å². The molecule has 0 aromatic carbocycles. The molecule has 0 amide bonds. The maximum absolute atomic E-state index is 6.04. The molecule has 3 aromatic heterocycles. The van der Waals surface area contributed by atoms with Gasteiger partial charge in [0.25, 0.3) is 0 Å². The number of hydrogen-bond acceptors (Lipinski definition) is 7. The van der Waals surface area contributed by atoms with Crippen LogP contribution in [0.5, 0.6) is 0 Å². The van der Waals surface area contributed by atoms with Crippen molar-refractivity contribution in [3.63, 3.8) is 0 Å². The number of nitrogens with zero attached hydrogens (tertiary/aromatic N) is 5. The monoisotopic (exact) mass is 299 g/mol. The zero-order valence-corrected chi connectivity index (χ0v) is 12.3. The molecule has 8 heteroatoms. The standard InChI is InChI=1S/C14H17N7O/c1-8-10(13-17-5-6-22-13)18-14(15)21-12(8)19-11(20-21)9-3-2-4-16-7-9/h5-6,9,16H,2-4,7H2,1H3,(H2,15,18)/t9-/m1/s1.